The zero-order chi connectivity index (χ0) is 43.3. The van der Waals surface area contributed by atoms with Crippen molar-refractivity contribution >= 4 is 17.9 Å². The van der Waals surface area contributed by atoms with Crippen molar-refractivity contribution in [2.75, 3.05) is 13.2 Å². The van der Waals surface area contributed by atoms with Gasteiger partial charge in [0.2, 0.25) is 0 Å². The molecule has 0 amide bonds. The lowest BCUT2D eigenvalue weighted by Gasteiger charge is -2.18. The fourth-order valence-corrected chi connectivity index (χ4v) is 7.96. The first kappa shape index (κ1) is 57.4. The average molecular weight is 835 g/mol. The van der Waals surface area contributed by atoms with Crippen LogP contribution in [0.1, 0.15) is 291 Å². The Labute approximate surface area is 368 Å². The first-order chi connectivity index (χ1) is 28.8. The molecule has 1 unspecified atom stereocenters. The van der Waals surface area contributed by atoms with Gasteiger partial charge in [0.1, 0.15) is 13.2 Å². The van der Waals surface area contributed by atoms with Crippen LogP contribution in [-0.2, 0) is 28.6 Å². The van der Waals surface area contributed by atoms with Gasteiger partial charge in [-0.25, -0.2) is 0 Å². The predicted molar refractivity (Wildman–Crippen MR) is 252 cm³/mol. The van der Waals surface area contributed by atoms with Crippen molar-refractivity contribution in [2.45, 2.75) is 298 Å². The Morgan fingerprint density at radius 2 is 0.644 bits per heavy atom. The van der Waals surface area contributed by atoms with E-state index >= 15 is 0 Å². The molecule has 0 bridgehead atoms. The number of esters is 3. The zero-order valence-electron chi connectivity index (χ0n) is 40.4. The van der Waals surface area contributed by atoms with E-state index in [1.807, 2.05) is 0 Å². The summed E-state index contributed by atoms with van der Waals surface area (Å²) in [6, 6.07) is 0. The summed E-state index contributed by atoms with van der Waals surface area (Å²) in [6.07, 6.45) is 46.6. The Balaban J connectivity index is 4.28. The van der Waals surface area contributed by atoms with E-state index in [9.17, 15) is 14.4 Å². The molecule has 0 aromatic rings. The fourth-order valence-electron chi connectivity index (χ4n) is 7.96. The van der Waals surface area contributed by atoms with E-state index in [0.717, 1.165) is 69.6 Å². The largest absolute Gasteiger partial charge is 0.462 e. The molecule has 0 fully saturated rings. The molecule has 6 nitrogen and oxygen atoms in total. The molecule has 2 atom stereocenters. The number of hydrogen-bond donors (Lipinski definition) is 0. The van der Waals surface area contributed by atoms with E-state index in [0.29, 0.717) is 19.3 Å². The fraction of sp³-hybridized carbons (Fsp3) is 0.943. The minimum atomic E-state index is -0.762. The van der Waals surface area contributed by atoms with Gasteiger partial charge >= 0.3 is 17.9 Å². The SMILES string of the molecule is CCCCCCCCCCCCCCCCC(=O)O[C@@H](COC(=O)CCCCCCCCCCCCCCCCC(C)C)COC(=O)CCCCCCCCC(C)CC. The van der Waals surface area contributed by atoms with Gasteiger partial charge in [-0.3, -0.25) is 14.4 Å². The maximum atomic E-state index is 12.8. The first-order valence-corrected chi connectivity index (χ1v) is 26.3. The molecule has 0 aliphatic rings. The Morgan fingerprint density at radius 3 is 0.966 bits per heavy atom. The Hall–Kier alpha value is -1.59. The van der Waals surface area contributed by atoms with Crippen molar-refractivity contribution in [3.8, 4) is 0 Å². The van der Waals surface area contributed by atoms with Crippen molar-refractivity contribution < 1.29 is 28.6 Å². The Morgan fingerprint density at radius 1 is 0.356 bits per heavy atom. The Bertz CT molecular complexity index is 902. The lowest BCUT2D eigenvalue weighted by Crippen LogP contribution is -2.30. The molecule has 350 valence electrons. The van der Waals surface area contributed by atoms with E-state index in [-0.39, 0.29) is 31.1 Å². The molecule has 0 saturated carbocycles. The topological polar surface area (TPSA) is 78.9 Å². The third-order valence-electron chi connectivity index (χ3n) is 12.3. The highest BCUT2D eigenvalue weighted by Crippen LogP contribution is 2.18. The summed E-state index contributed by atoms with van der Waals surface area (Å²) >= 11 is 0. The van der Waals surface area contributed by atoms with Crippen molar-refractivity contribution in [1.82, 2.24) is 0 Å². The van der Waals surface area contributed by atoms with Crippen LogP contribution in [0.15, 0.2) is 0 Å². The maximum absolute atomic E-state index is 12.8. The van der Waals surface area contributed by atoms with Crippen LogP contribution in [0.2, 0.25) is 0 Å². The highest BCUT2D eigenvalue weighted by atomic mass is 16.6. The van der Waals surface area contributed by atoms with Crippen LogP contribution in [0, 0.1) is 11.8 Å². The number of carbonyl (C=O) groups excluding carboxylic acids is 3. The third kappa shape index (κ3) is 45.8. The summed E-state index contributed by atoms with van der Waals surface area (Å²) in [5.41, 5.74) is 0. The van der Waals surface area contributed by atoms with Gasteiger partial charge in [0.15, 0.2) is 6.10 Å². The van der Waals surface area contributed by atoms with Crippen molar-refractivity contribution in [3.05, 3.63) is 0 Å². The van der Waals surface area contributed by atoms with Gasteiger partial charge in [-0.15, -0.1) is 0 Å². The van der Waals surface area contributed by atoms with Gasteiger partial charge in [-0.1, -0.05) is 253 Å². The summed E-state index contributed by atoms with van der Waals surface area (Å²) < 4.78 is 16.8. The molecule has 0 rings (SSSR count). The second-order valence-electron chi connectivity index (χ2n) is 18.9. The molecule has 0 heterocycles. The van der Waals surface area contributed by atoms with Crippen LogP contribution < -0.4 is 0 Å². The van der Waals surface area contributed by atoms with Gasteiger partial charge in [-0.05, 0) is 31.1 Å². The van der Waals surface area contributed by atoms with E-state index in [2.05, 4.69) is 34.6 Å². The predicted octanol–water partition coefficient (Wildman–Crippen LogP) is 16.9. The van der Waals surface area contributed by atoms with Gasteiger partial charge < -0.3 is 14.2 Å². The highest BCUT2D eigenvalue weighted by molar-refractivity contribution is 5.71. The molecule has 0 radical (unpaired) electrons. The number of unbranched alkanes of at least 4 members (excludes halogenated alkanes) is 31. The van der Waals surface area contributed by atoms with Crippen LogP contribution in [0.25, 0.3) is 0 Å². The van der Waals surface area contributed by atoms with Gasteiger partial charge in [0.25, 0.3) is 0 Å². The highest BCUT2D eigenvalue weighted by Gasteiger charge is 2.19. The lowest BCUT2D eigenvalue weighted by atomic mass is 10.00. The number of hydrogen-bond acceptors (Lipinski definition) is 6. The molecule has 0 aromatic heterocycles. The number of ether oxygens (including phenoxy) is 3. The summed E-state index contributed by atoms with van der Waals surface area (Å²) in [4.78, 5) is 37.9. The van der Waals surface area contributed by atoms with Crippen LogP contribution in [0.5, 0.6) is 0 Å². The summed E-state index contributed by atoms with van der Waals surface area (Å²) in [5.74, 6) is 0.809. The van der Waals surface area contributed by atoms with Gasteiger partial charge in [0, 0.05) is 19.3 Å². The van der Waals surface area contributed by atoms with Gasteiger partial charge in [0.05, 0.1) is 0 Å². The van der Waals surface area contributed by atoms with Crippen LogP contribution in [0.3, 0.4) is 0 Å². The van der Waals surface area contributed by atoms with Crippen molar-refractivity contribution in [3.63, 3.8) is 0 Å². The van der Waals surface area contributed by atoms with E-state index in [1.54, 1.807) is 0 Å². The molecular weight excluding hydrogens is 733 g/mol. The molecule has 0 aromatic carbocycles. The second kappa shape index (κ2) is 45.9. The normalized spacial score (nSPS) is 12.5. The molecular formula is C53H102O6. The molecule has 6 heteroatoms. The second-order valence-corrected chi connectivity index (χ2v) is 18.9. The summed E-state index contributed by atoms with van der Waals surface area (Å²) in [7, 11) is 0. The van der Waals surface area contributed by atoms with Crippen LogP contribution in [-0.4, -0.2) is 37.2 Å². The van der Waals surface area contributed by atoms with E-state index in [1.165, 1.54) is 180 Å². The minimum Gasteiger partial charge on any atom is -0.462 e. The molecule has 0 aliphatic carbocycles. The van der Waals surface area contributed by atoms with Crippen molar-refractivity contribution in [2.24, 2.45) is 11.8 Å². The van der Waals surface area contributed by atoms with E-state index < -0.39 is 6.10 Å². The smallest absolute Gasteiger partial charge is 0.306 e. The van der Waals surface area contributed by atoms with Crippen LogP contribution >= 0.6 is 0 Å². The zero-order valence-corrected chi connectivity index (χ0v) is 40.4. The number of carbonyl (C=O) groups is 3. The molecule has 0 saturated heterocycles. The number of rotatable bonds is 47. The van der Waals surface area contributed by atoms with Crippen LogP contribution in [0.4, 0.5) is 0 Å². The Kier molecular flexibility index (Phi) is 44.7. The molecule has 0 N–H and O–H groups in total. The van der Waals surface area contributed by atoms with E-state index in [4.69, 9.17) is 14.2 Å². The molecule has 0 aliphatic heterocycles. The van der Waals surface area contributed by atoms with Crippen molar-refractivity contribution in [1.29, 1.82) is 0 Å². The summed E-state index contributed by atoms with van der Waals surface area (Å²) in [6.45, 7) is 11.4. The van der Waals surface area contributed by atoms with Gasteiger partial charge in [-0.2, -0.15) is 0 Å². The summed E-state index contributed by atoms with van der Waals surface area (Å²) in [5, 5.41) is 0. The molecule has 59 heavy (non-hydrogen) atoms. The average Bonchev–Trinajstić information content (AvgIpc) is 3.22. The minimum absolute atomic E-state index is 0.0641. The lowest BCUT2D eigenvalue weighted by molar-refractivity contribution is -0.167. The third-order valence-corrected chi connectivity index (χ3v) is 12.3. The monoisotopic (exact) mass is 835 g/mol. The standard InChI is InChI=1S/C53H102O6/c1-6-8-9-10-11-12-13-14-18-22-25-28-35-40-45-53(56)59-50(47-58-52(55)44-39-34-30-29-32-37-42-49(5)7-2)46-57-51(54)43-38-33-27-24-21-19-16-15-17-20-23-26-31-36-41-48(3)4/h48-50H,6-47H2,1-5H3/t49?,50-/m0/s1. The maximum Gasteiger partial charge on any atom is 0.306 e. The quantitative estimate of drug-likeness (QED) is 0.0345. The molecule has 0 spiro atoms. The first-order valence-electron chi connectivity index (χ1n) is 26.3.